The summed E-state index contributed by atoms with van der Waals surface area (Å²) in [5.74, 6) is -0.0286. The van der Waals surface area contributed by atoms with E-state index in [4.69, 9.17) is 9.47 Å². The fraction of sp³-hybridized carbons (Fsp3) is 0.688. The van der Waals surface area contributed by atoms with Crippen LogP contribution in [-0.2, 0) is 19.5 Å². The molecule has 1 aromatic heterocycles. The number of carbonyl (C=O) groups excluding carboxylic acids is 1. The van der Waals surface area contributed by atoms with Gasteiger partial charge >= 0.3 is 0 Å². The van der Waals surface area contributed by atoms with E-state index in [0.717, 1.165) is 5.56 Å². The first-order valence-corrected chi connectivity index (χ1v) is 10.7. The third-order valence-electron chi connectivity index (χ3n) is 5.28. The van der Waals surface area contributed by atoms with E-state index in [1.54, 1.807) is 12.0 Å². The van der Waals surface area contributed by atoms with Crippen molar-refractivity contribution in [3.8, 4) is 0 Å². The average molecular weight is 386 g/mol. The third kappa shape index (κ3) is 2.73. The minimum absolute atomic E-state index is 0.0286. The van der Waals surface area contributed by atoms with E-state index < -0.39 is 20.9 Å². The molecule has 3 aliphatic rings. The number of thiophene rings is 1. The Balaban J connectivity index is 1.58. The van der Waals surface area contributed by atoms with Crippen molar-refractivity contribution < 1.29 is 22.7 Å². The van der Waals surface area contributed by atoms with Gasteiger partial charge in [-0.3, -0.25) is 4.79 Å². The number of carbonyl (C=O) groups is 1. The summed E-state index contributed by atoms with van der Waals surface area (Å²) in [6.45, 7) is 3.72. The molecule has 0 aromatic carbocycles. The topological polar surface area (TPSA) is 76.2 Å². The maximum Gasteiger partial charge on any atom is 0.264 e. The molecule has 9 heteroatoms. The lowest BCUT2D eigenvalue weighted by molar-refractivity contribution is -0.0980. The second-order valence-corrected chi connectivity index (χ2v) is 10.1. The molecule has 0 unspecified atom stereocenters. The van der Waals surface area contributed by atoms with E-state index in [0.29, 0.717) is 44.1 Å². The second-order valence-electron chi connectivity index (χ2n) is 7.07. The number of likely N-dealkylation sites (tertiary alicyclic amines) is 1. The molecule has 1 spiro atoms. The number of aryl methyl sites for hydroxylation is 1. The van der Waals surface area contributed by atoms with Crippen LogP contribution in [0.1, 0.15) is 21.7 Å². The quantitative estimate of drug-likeness (QED) is 0.761. The second kappa shape index (κ2) is 6.02. The van der Waals surface area contributed by atoms with Crippen LogP contribution in [0.4, 0.5) is 0 Å². The molecule has 0 N–H and O–H groups in total. The number of hydrogen-bond donors (Lipinski definition) is 0. The lowest BCUT2D eigenvalue weighted by atomic mass is 9.99. The van der Waals surface area contributed by atoms with Gasteiger partial charge in [0.15, 0.2) is 0 Å². The van der Waals surface area contributed by atoms with E-state index in [-0.39, 0.29) is 12.0 Å². The molecule has 0 saturated carbocycles. The predicted octanol–water partition coefficient (Wildman–Crippen LogP) is 0.700. The molecule has 0 aliphatic carbocycles. The Morgan fingerprint density at radius 2 is 2.28 bits per heavy atom. The zero-order valence-electron chi connectivity index (χ0n) is 14.3. The van der Waals surface area contributed by atoms with Gasteiger partial charge in [-0.05, 0) is 30.4 Å². The van der Waals surface area contributed by atoms with Gasteiger partial charge in [-0.2, -0.15) is 4.31 Å². The highest BCUT2D eigenvalue weighted by Gasteiger charge is 2.65. The SMILES string of the molecule is COCCN1C[C@@]23CN(C(=O)c4cc(C)cs4)C[C@@H](C[C@@H]2S1(=O)=O)O3. The summed E-state index contributed by atoms with van der Waals surface area (Å²) in [4.78, 5) is 15.3. The zero-order valence-corrected chi connectivity index (χ0v) is 15.9. The molecule has 3 fully saturated rings. The van der Waals surface area contributed by atoms with Crippen LogP contribution in [0.5, 0.6) is 0 Å². The predicted molar refractivity (Wildman–Crippen MR) is 93.3 cm³/mol. The summed E-state index contributed by atoms with van der Waals surface area (Å²) in [7, 11) is -1.86. The van der Waals surface area contributed by atoms with Crippen molar-refractivity contribution in [3.05, 3.63) is 21.9 Å². The molecular formula is C16H22N2O5S2. The fourth-order valence-corrected chi connectivity index (χ4v) is 7.36. The number of fused-ring (bicyclic) bond motifs is 1. The zero-order chi connectivity index (χ0) is 17.8. The maximum atomic E-state index is 12.9. The lowest BCUT2D eigenvalue weighted by Crippen LogP contribution is -2.56. The van der Waals surface area contributed by atoms with Gasteiger partial charge in [0.25, 0.3) is 5.91 Å². The van der Waals surface area contributed by atoms with Crippen molar-refractivity contribution in [1.82, 2.24) is 9.21 Å². The number of sulfonamides is 1. The Hall–Kier alpha value is -1.00. The van der Waals surface area contributed by atoms with Gasteiger partial charge in [0.05, 0.1) is 24.1 Å². The highest BCUT2D eigenvalue weighted by atomic mass is 32.2. The number of morpholine rings is 1. The van der Waals surface area contributed by atoms with E-state index in [9.17, 15) is 13.2 Å². The minimum atomic E-state index is -3.42. The highest BCUT2D eigenvalue weighted by molar-refractivity contribution is 7.90. The molecule has 1 amide bonds. The molecule has 3 aliphatic heterocycles. The molecule has 3 saturated heterocycles. The number of ether oxygens (including phenoxy) is 2. The van der Waals surface area contributed by atoms with E-state index in [1.807, 2.05) is 18.4 Å². The monoisotopic (exact) mass is 386 g/mol. The Morgan fingerprint density at radius 3 is 2.96 bits per heavy atom. The van der Waals surface area contributed by atoms with Crippen LogP contribution in [0.25, 0.3) is 0 Å². The Labute approximate surface area is 151 Å². The van der Waals surface area contributed by atoms with Gasteiger partial charge in [-0.15, -0.1) is 11.3 Å². The van der Waals surface area contributed by atoms with Crippen LogP contribution in [0.2, 0.25) is 0 Å². The average Bonchev–Trinajstić information content (AvgIpc) is 3.16. The number of amides is 1. The Kier molecular flexibility index (Phi) is 4.19. The van der Waals surface area contributed by atoms with Crippen molar-refractivity contribution in [2.24, 2.45) is 0 Å². The van der Waals surface area contributed by atoms with Gasteiger partial charge < -0.3 is 14.4 Å². The van der Waals surface area contributed by atoms with Crippen LogP contribution in [-0.4, -0.2) is 80.4 Å². The largest absolute Gasteiger partial charge is 0.383 e. The molecule has 138 valence electrons. The van der Waals surface area contributed by atoms with Gasteiger partial charge in [0.1, 0.15) is 10.9 Å². The van der Waals surface area contributed by atoms with Crippen LogP contribution in [0.15, 0.2) is 11.4 Å². The first kappa shape index (κ1) is 17.4. The number of nitrogens with zero attached hydrogens (tertiary/aromatic N) is 2. The van der Waals surface area contributed by atoms with Crippen LogP contribution < -0.4 is 0 Å². The van der Waals surface area contributed by atoms with Gasteiger partial charge in [-0.1, -0.05) is 0 Å². The fourth-order valence-electron chi connectivity index (χ4n) is 4.20. The van der Waals surface area contributed by atoms with Crippen LogP contribution >= 0.6 is 11.3 Å². The molecule has 4 rings (SSSR count). The third-order valence-corrected chi connectivity index (χ3v) is 8.69. The molecule has 0 radical (unpaired) electrons. The molecule has 1 aromatic rings. The molecule has 25 heavy (non-hydrogen) atoms. The minimum Gasteiger partial charge on any atom is -0.383 e. The number of rotatable bonds is 4. The van der Waals surface area contributed by atoms with Gasteiger partial charge in [-0.25, -0.2) is 8.42 Å². The summed E-state index contributed by atoms with van der Waals surface area (Å²) < 4.78 is 38.3. The smallest absolute Gasteiger partial charge is 0.264 e. The van der Waals surface area contributed by atoms with Crippen molar-refractivity contribution in [2.45, 2.75) is 30.3 Å². The number of hydrogen-bond acceptors (Lipinski definition) is 6. The molecule has 4 heterocycles. The van der Waals surface area contributed by atoms with Gasteiger partial charge in [0, 0.05) is 26.7 Å². The van der Waals surface area contributed by atoms with Gasteiger partial charge in [0.2, 0.25) is 10.0 Å². The molecule has 2 bridgehead atoms. The van der Waals surface area contributed by atoms with Crippen molar-refractivity contribution in [2.75, 3.05) is 39.9 Å². The van der Waals surface area contributed by atoms with Crippen molar-refractivity contribution >= 4 is 27.3 Å². The standard InChI is InChI=1S/C16H22N2O5S2/c1-11-5-13(24-8-11)15(19)17-7-12-6-14-16(9-17,23-12)10-18(3-4-22-2)25(14,20)21/h5,8,12,14H,3-4,6-7,9-10H2,1-2H3/t12-,14+,16+/m1/s1. The lowest BCUT2D eigenvalue weighted by Gasteiger charge is -2.39. The Bertz CT molecular complexity index is 792. The molecule has 3 atom stereocenters. The maximum absolute atomic E-state index is 12.9. The first-order valence-electron chi connectivity index (χ1n) is 8.36. The van der Waals surface area contributed by atoms with Crippen LogP contribution in [0.3, 0.4) is 0 Å². The van der Waals surface area contributed by atoms with Crippen molar-refractivity contribution in [3.63, 3.8) is 0 Å². The van der Waals surface area contributed by atoms with Crippen molar-refractivity contribution in [1.29, 1.82) is 0 Å². The van der Waals surface area contributed by atoms with E-state index in [1.165, 1.54) is 15.6 Å². The summed E-state index contributed by atoms with van der Waals surface area (Å²) in [5, 5.41) is 1.39. The summed E-state index contributed by atoms with van der Waals surface area (Å²) >= 11 is 1.43. The van der Waals surface area contributed by atoms with Crippen LogP contribution in [0, 0.1) is 6.92 Å². The first-order chi connectivity index (χ1) is 11.9. The highest BCUT2D eigenvalue weighted by Crippen LogP contribution is 2.46. The number of methoxy groups -OCH3 is 1. The summed E-state index contributed by atoms with van der Waals surface area (Å²) in [6, 6.07) is 1.88. The summed E-state index contributed by atoms with van der Waals surface area (Å²) in [5.41, 5.74) is 0.257. The Morgan fingerprint density at radius 1 is 1.48 bits per heavy atom. The molecule has 7 nitrogen and oxygen atoms in total. The van der Waals surface area contributed by atoms with E-state index >= 15 is 0 Å². The normalized spacial score (nSPS) is 33.6. The summed E-state index contributed by atoms with van der Waals surface area (Å²) in [6.07, 6.45) is 0.252. The molecular weight excluding hydrogens is 364 g/mol. The van der Waals surface area contributed by atoms with E-state index in [2.05, 4.69) is 0 Å².